The number of piperidine rings is 1. The molecule has 3 aliphatic rings. The van der Waals surface area contributed by atoms with E-state index in [1.54, 1.807) is 17.9 Å². The maximum Gasteiger partial charge on any atom is 0.244 e. The summed E-state index contributed by atoms with van der Waals surface area (Å²) in [7, 11) is -3.86. The van der Waals surface area contributed by atoms with Gasteiger partial charge >= 0.3 is 0 Å². The number of amides is 2. The van der Waals surface area contributed by atoms with Gasteiger partial charge in [0.25, 0.3) is 0 Å². The Balaban J connectivity index is 1.28. The van der Waals surface area contributed by atoms with E-state index in [0.29, 0.717) is 80.1 Å². The van der Waals surface area contributed by atoms with E-state index in [1.165, 1.54) is 4.31 Å². The van der Waals surface area contributed by atoms with Crippen LogP contribution in [0.25, 0.3) is 0 Å². The van der Waals surface area contributed by atoms with Gasteiger partial charge in [-0.25, -0.2) is 8.42 Å². The second-order valence-electron chi connectivity index (χ2n) is 10.1. The van der Waals surface area contributed by atoms with Crippen molar-refractivity contribution in [2.45, 2.75) is 37.5 Å². The third-order valence-electron chi connectivity index (χ3n) is 7.75. The Morgan fingerprint density at radius 3 is 2.53 bits per heavy atom. The second-order valence-corrected chi connectivity index (χ2v) is 13.3. The van der Waals surface area contributed by atoms with Gasteiger partial charge in [-0.1, -0.05) is 24.6 Å². The number of hydrogen-bond acceptors (Lipinski definition) is 5. The molecule has 0 unspecified atom stereocenters. The Kier molecular flexibility index (Phi) is 8.05. The second kappa shape index (κ2) is 11.2. The topological polar surface area (TPSA) is 81.2 Å². The van der Waals surface area contributed by atoms with Gasteiger partial charge in [-0.3, -0.25) is 9.59 Å². The van der Waals surface area contributed by atoms with Gasteiger partial charge in [-0.05, 0) is 71.1 Å². The Morgan fingerprint density at radius 2 is 1.82 bits per heavy atom. The van der Waals surface area contributed by atoms with Crippen molar-refractivity contribution in [1.82, 2.24) is 9.21 Å². The standard InChI is InChI=1S/C27H32BrClN4O4S/c1-2-26(34)33-10-8-19-15-23(28)25(17-24(19)33)38(36,37)32-9-4-5-20(18-32)27(35)31-13-11-30(12-14-31)22-7-3-6-21(29)16-22/h3,6-7,15-17,20H,2,4-5,8-14,18H2,1H3/t20-/m0/s1. The van der Waals surface area contributed by atoms with E-state index in [-0.39, 0.29) is 29.2 Å². The minimum absolute atomic E-state index is 0.0170. The number of carbonyl (C=O) groups excluding carboxylic acids is 2. The molecule has 0 aromatic heterocycles. The fourth-order valence-electron chi connectivity index (χ4n) is 5.65. The highest BCUT2D eigenvalue weighted by molar-refractivity contribution is 9.10. The molecule has 2 aromatic rings. The van der Waals surface area contributed by atoms with Crippen LogP contribution in [0.15, 0.2) is 45.8 Å². The number of carbonyl (C=O) groups is 2. The zero-order chi connectivity index (χ0) is 27.0. The molecular weight excluding hydrogens is 592 g/mol. The van der Waals surface area contributed by atoms with Gasteiger partial charge in [0.2, 0.25) is 21.8 Å². The van der Waals surface area contributed by atoms with Crippen LogP contribution in [0, 0.1) is 5.92 Å². The first-order chi connectivity index (χ1) is 18.2. The molecule has 1 atom stereocenters. The zero-order valence-corrected chi connectivity index (χ0v) is 24.6. The van der Waals surface area contributed by atoms with Gasteiger partial charge in [0.05, 0.1) is 10.8 Å². The van der Waals surface area contributed by atoms with Crippen LogP contribution in [-0.2, 0) is 26.0 Å². The molecule has 0 radical (unpaired) electrons. The van der Waals surface area contributed by atoms with Crippen molar-refractivity contribution in [2.75, 3.05) is 55.6 Å². The van der Waals surface area contributed by atoms with Crippen LogP contribution >= 0.6 is 27.5 Å². The number of hydrogen-bond donors (Lipinski definition) is 0. The smallest absolute Gasteiger partial charge is 0.244 e. The summed E-state index contributed by atoms with van der Waals surface area (Å²) >= 11 is 9.60. The van der Waals surface area contributed by atoms with Gasteiger partial charge in [0.1, 0.15) is 0 Å². The predicted octanol–water partition coefficient (Wildman–Crippen LogP) is 4.15. The number of halogens is 2. The Morgan fingerprint density at radius 1 is 1.05 bits per heavy atom. The quantitative estimate of drug-likeness (QED) is 0.500. The average molecular weight is 624 g/mol. The van der Waals surface area contributed by atoms with Crippen molar-refractivity contribution >= 4 is 60.7 Å². The molecule has 0 aliphatic carbocycles. The van der Waals surface area contributed by atoms with Crippen molar-refractivity contribution in [3.05, 3.63) is 51.5 Å². The van der Waals surface area contributed by atoms with Gasteiger partial charge < -0.3 is 14.7 Å². The molecule has 3 heterocycles. The molecule has 0 bridgehead atoms. The summed E-state index contributed by atoms with van der Waals surface area (Å²) in [5, 5.41) is 0.684. The molecule has 2 fully saturated rings. The van der Waals surface area contributed by atoms with Crippen LogP contribution in [0.2, 0.25) is 5.02 Å². The molecular formula is C27H32BrClN4O4S. The van der Waals surface area contributed by atoms with E-state index in [4.69, 9.17) is 11.6 Å². The summed E-state index contributed by atoms with van der Waals surface area (Å²) in [4.78, 5) is 31.8. The average Bonchev–Trinajstić information content (AvgIpc) is 3.34. The lowest BCUT2D eigenvalue weighted by Crippen LogP contribution is -2.53. The largest absolute Gasteiger partial charge is 0.368 e. The monoisotopic (exact) mass is 622 g/mol. The van der Waals surface area contributed by atoms with E-state index >= 15 is 0 Å². The minimum atomic E-state index is -3.86. The Bertz CT molecular complexity index is 1350. The van der Waals surface area contributed by atoms with E-state index in [2.05, 4.69) is 20.8 Å². The lowest BCUT2D eigenvalue weighted by Gasteiger charge is -2.39. The summed E-state index contributed by atoms with van der Waals surface area (Å²) < 4.78 is 29.5. The summed E-state index contributed by atoms with van der Waals surface area (Å²) in [6, 6.07) is 11.1. The number of rotatable bonds is 5. The minimum Gasteiger partial charge on any atom is -0.368 e. The molecule has 8 nitrogen and oxygen atoms in total. The molecule has 2 amide bonds. The van der Waals surface area contributed by atoms with Crippen molar-refractivity contribution < 1.29 is 18.0 Å². The lowest BCUT2D eigenvalue weighted by atomic mass is 9.97. The van der Waals surface area contributed by atoms with Crippen LogP contribution in [0.5, 0.6) is 0 Å². The zero-order valence-electron chi connectivity index (χ0n) is 21.4. The highest BCUT2D eigenvalue weighted by atomic mass is 79.9. The fourth-order valence-corrected chi connectivity index (χ4v) is 8.43. The highest BCUT2D eigenvalue weighted by Gasteiger charge is 2.37. The number of benzene rings is 2. The summed E-state index contributed by atoms with van der Waals surface area (Å²) in [5.74, 6) is -0.375. The van der Waals surface area contributed by atoms with E-state index in [1.807, 2.05) is 35.2 Å². The van der Waals surface area contributed by atoms with E-state index in [9.17, 15) is 18.0 Å². The van der Waals surface area contributed by atoms with Crippen molar-refractivity contribution in [3.8, 4) is 0 Å². The molecule has 5 rings (SSSR count). The van der Waals surface area contributed by atoms with Gasteiger partial charge in [-0.2, -0.15) is 4.31 Å². The van der Waals surface area contributed by atoms with Crippen molar-refractivity contribution in [2.24, 2.45) is 5.92 Å². The molecule has 2 aromatic carbocycles. The van der Waals surface area contributed by atoms with Crippen LogP contribution in [-0.4, -0.2) is 75.3 Å². The molecule has 38 heavy (non-hydrogen) atoms. The van der Waals surface area contributed by atoms with Gasteiger partial charge in [0.15, 0.2) is 0 Å². The summed E-state index contributed by atoms with van der Waals surface area (Å²) in [6.45, 7) is 5.48. The van der Waals surface area contributed by atoms with Gasteiger partial charge in [-0.15, -0.1) is 0 Å². The molecule has 2 saturated heterocycles. The number of nitrogens with zero attached hydrogens (tertiary/aromatic N) is 4. The van der Waals surface area contributed by atoms with Crippen LogP contribution in [0.3, 0.4) is 0 Å². The van der Waals surface area contributed by atoms with Crippen molar-refractivity contribution in [3.63, 3.8) is 0 Å². The number of piperazine rings is 1. The molecule has 0 spiro atoms. The summed E-state index contributed by atoms with van der Waals surface area (Å²) in [5.41, 5.74) is 2.67. The molecule has 0 N–H and O–H groups in total. The van der Waals surface area contributed by atoms with Crippen LogP contribution < -0.4 is 9.80 Å². The normalized spacial score (nSPS) is 20.5. The van der Waals surface area contributed by atoms with Crippen LogP contribution in [0.1, 0.15) is 31.7 Å². The number of anilines is 2. The maximum atomic E-state index is 13.8. The number of fused-ring (bicyclic) bond motifs is 1. The van der Waals surface area contributed by atoms with E-state index < -0.39 is 10.0 Å². The first-order valence-corrected chi connectivity index (χ1v) is 15.7. The first-order valence-electron chi connectivity index (χ1n) is 13.1. The van der Waals surface area contributed by atoms with Gasteiger partial charge in [0, 0.05) is 73.1 Å². The highest BCUT2D eigenvalue weighted by Crippen LogP contribution is 2.38. The predicted molar refractivity (Wildman–Crippen MR) is 152 cm³/mol. The first kappa shape index (κ1) is 27.4. The third kappa shape index (κ3) is 5.33. The molecule has 11 heteroatoms. The summed E-state index contributed by atoms with van der Waals surface area (Å²) in [6.07, 6.45) is 2.36. The van der Waals surface area contributed by atoms with E-state index in [0.717, 1.165) is 11.3 Å². The van der Waals surface area contributed by atoms with Crippen LogP contribution in [0.4, 0.5) is 11.4 Å². The lowest BCUT2D eigenvalue weighted by molar-refractivity contribution is -0.137. The Labute approximate surface area is 237 Å². The molecule has 204 valence electrons. The number of sulfonamides is 1. The third-order valence-corrected chi connectivity index (χ3v) is 10.8. The Hall–Kier alpha value is -2.14. The fraction of sp³-hybridized carbons (Fsp3) is 0.481. The maximum absolute atomic E-state index is 13.8. The molecule has 3 aliphatic heterocycles. The molecule has 0 saturated carbocycles. The SMILES string of the molecule is CCC(=O)N1CCc2cc(Br)c(S(=O)(=O)N3CCC[C@H](C(=O)N4CCN(c5cccc(Cl)c5)CC4)C3)cc21. The van der Waals surface area contributed by atoms with Crippen molar-refractivity contribution in [1.29, 1.82) is 0 Å².